The molecule has 120 valence electrons. The van der Waals surface area contributed by atoms with E-state index in [4.69, 9.17) is 0 Å². The number of anilines is 3. The Morgan fingerprint density at radius 3 is 2.79 bits per heavy atom. The van der Waals surface area contributed by atoms with E-state index in [2.05, 4.69) is 68.7 Å². The summed E-state index contributed by atoms with van der Waals surface area (Å²) >= 11 is 0. The van der Waals surface area contributed by atoms with Crippen molar-refractivity contribution >= 4 is 17.5 Å². The van der Waals surface area contributed by atoms with Crippen molar-refractivity contribution in [2.45, 2.75) is 19.9 Å². The molecule has 5 nitrogen and oxygen atoms in total. The molecule has 0 aliphatic carbocycles. The van der Waals surface area contributed by atoms with Crippen LogP contribution in [0.2, 0.25) is 0 Å². The third kappa shape index (κ3) is 3.06. The van der Waals surface area contributed by atoms with Gasteiger partial charge in [0.25, 0.3) is 0 Å². The second-order valence-electron chi connectivity index (χ2n) is 6.08. The number of aromatic nitrogens is 3. The molecule has 0 saturated heterocycles. The van der Waals surface area contributed by atoms with Gasteiger partial charge in [-0.3, -0.25) is 0 Å². The molecule has 1 aromatic heterocycles. The molecule has 0 spiro atoms. The summed E-state index contributed by atoms with van der Waals surface area (Å²) in [7, 11) is 0. The van der Waals surface area contributed by atoms with Gasteiger partial charge in [-0.1, -0.05) is 36.4 Å². The van der Waals surface area contributed by atoms with Crippen LogP contribution in [0.4, 0.5) is 17.5 Å². The van der Waals surface area contributed by atoms with E-state index in [1.807, 2.05) is 12.1 Å². The predicted octanol–water partition coefficient (Wildman–Crippen LogP) is 3.49. The highest BCUT2D eigenvalue weighted by atomic mass is 15.3. The van der Waals surface area contributed by atoms with E-state index in [-0.39, 0.29) is 0 Å². The Bertz CT molecular complexity index is 862. The largest absolute Gasteiger partial charge is 0.339 e. The van der Waals surface area contributed by atoms with E-state index in [9.17, 15) is 0 Å². The van der Waals surface area contributed by atoms with Crippen LogP contribution in [-0.2, 0) is 13.0 Å². The predicted molar refractivity (Wildman–Crippen MR) is 95.5 cm³/mol. The summed E-state index contributed by atoms with van der Waals surface area (Å²) in [6.45, 7) is 3.80. The summed E-state index contributed by atoms with van der Waals surface area (Å²) < 4.78 is 0. The number of nitrogens with zero attached hydrogens (tertiary/aromatic N) is 4. The van der Waals surface area contributed by atoms with Crippen molar-refractivity contribution in [1.82, 2.24) is 15.2 Å². The Hall–Kier alpha value is -2.95. The molecular formula is C19H19N5. The molecule has 4 rings (SSSR count). The summed E-state index contributed by atoms with van der Waals surface area (Å²) in [5.74, 6) is 1.38. The molecule has 0 fully saturated rings. The standard InChI is InChI=1S/C19H19N5/c1-14-5-4-8-17(11-14)21-18-12-20-23-19(22-18)24-10-9-15-6-2-3-7-16(15)13-24/h2-8,11-12H,9-10,13H2,1H3,(H,21,22,23). The van der Waals surface area contributed by atoms with Crippen LogP contribution in [0.1, 0.15) is 16.7 Å². The Balaban J connectivity index is 1.55. The van der Waals surface area contributed by atoms with Crippen LogP contribution < -0.4 is 10.2 Å². The van der Waals surface area contributed by atoms with Crippen molar-refractivity contribution in [2.24, 2.45) is 0 Å². The third-order valence-electron chi connectivity index (χ3n) is 4.25. The minimum absolute atomic E-state index is 0.669. The van der Waals surface area contributed by atoms with Gasteiger partial charge < -0.3 is 10.2 Å². The number of nitrogens with one attached hydrogen (secondary N) is 1. The van der Waals surface area contributed by atoms with Crippen molar-refractivity contribution < 1.29 is 0 Å². The van der Waals surface area contributed by atoms with Crippen LogP contribution >= 0.6 is 0 Å². The van der Waals surface area contributed by atoms with Gasteiger partial charge in [-0.25, -0.2) is 0 Å². The summed E-state index contributed by atoms with van der Waals surface area (Å²) in [6.07, 6.45) is 2.67. The second-order valence-corrected chi connectivity index (χ2v) is 6.08. The van der Waals surface area contributed by atoms with E-state index in [1.165, 1.54) is 16.7 Å². The van der Waals surface area contributed by atoms with E-state index in [0.717, 1.165) is 25.2 Å². The van der Waals surface area contributed by atoms with Crippen LogP contribution in [0, 0.1) is 6.92 Å². The van der Waals surface area contributed by atoms with Gasteiger partial charge in [0, 0.05) is 18.8 Å². The summed E-state index contributed by atoms with van der Waals surface area (Å²) in [5.41, 5.74) is 4.96. The molecule has 1 aliphatic heterocycles. The Morgan fingerprint density at radius 2 is 1.92 bits per heavy atom. The number of aryl methyl sites for hydroxylation is 1. The molecule has 0 saturated carbocycles. The van der Waals surface area contributed by atoms with E-state index in [1.54, 1.807) is 6.20 Å². The van der Waals surface area contributed by atoms with Gasteiger partial charge in [-0.05, 0) is 42.2 Å². The van der Waals surface area contributed by atoms with Gasteiger partial charge in [-0.2, -0.15) is 10.1 Å². The van der Waals surface area contributed by atoms with Gasteiger partial charge in [0.1, 0.15) is 0 Å². The molecule has 1 aliphatic rings. The quantitative estimate of drug-likeness (QED) is 0.801. The molecule has 0 atom stereocenters. The number of rotatable bonds is 3. The van der Waals surface area contributed by atoms with Crippen LogP contribution in [0.5, 0.6) is 0 Å². The lowest BCUT2D eigenvalue weighted by Crippen LogP contribution is -2.32. The molecule has 3 aromatic rings. The normalized spacial score (nSPS) is 13.5. The van der Waals surface area contributed by atoms with Crippen molar-refractivity contribution in [3.8, 4) is 0 Å². The van der Waals surface area contributed by atoms with Crippen LogP contribution in [0.15, 0.2) is 54.7 Å². The van der Waals surface area contributed by atoms with E-state index < -0.39 is 0 Å². The lowest BCUT2D eigenvalue weighted by molar-refractivity contribution is 0.698. The zero-order valence-corrected chi connectivity index (χ0v) is 13.6. The SMILES string of the molecule is Cc1cccc(Nc2cnnc(N3CCc4ccccc4C3)n2)c1. The maximum Gasteiger partial charge on any atom is 0.247 e. The fourth-order valence-corrected chi connectivity index (χ4v) is 3.03. The van der Waals surface area contributed by atoms with Gasteiger partial charge in [0.2, 0.25) is 5.95 Å². The minimum atomic E-state index is 0.669. The third-order valence-corrected chi connectivity index (χ3v) is 4.25. The summed E-state index contributed by atoms with van der Waals surface area (Å²) in [5, 5.41) is 11.6. The molecule has 2 aromatic carbocycles. The number of benzene rings is 2. The summed E-state index contributed by atoms with van der Waals surface area (Å²) in [4.78, 5) is 6.81. The number of hydrogen-bond acceptors (Lipinski definition) is 5. The monoisotopic (exact) mass is 317 g/mol. The minimum Gasteiger partial charge on any atom is -0.339 e. The lowest BCUT2D eigenvalue weighted by Gasteiger charge is -2.28. The highest BCUT2D eigenvalue weighted by Crippen LogP contribution is 2.23. The molecule has 0 amide bonds. The zero-order chi connectivity index (χ0) is 16.4. The van der Waals surface area contributed by atoms with Gasteiger partial charge in [0.15, 0.2) is 5.82 Å². The average Bonchev–Trinajstić information content (AvgIpc) is 2.61. The van der Waals surface area contributed by atoms with Crippen molar-refractivity contribution in [2.75, 3.05) is 16.8 Å². The summed E-state index contributed by atoms with van der Waals surface area (Å²) in [6, 6.07) is 16.7. The van der Waals surface area contributed by atoms with Crippen molar-refractivity contribution in [3.63, 3.8) is 0 Å². The Kier molecular flexibility index (Phi) is 3.83. The fraction of sp³-hybridized carbons (Fsp3) is 0.211. The average molecular weight is 317 g/mol. The molecule has 2 heterocycles. The highest BCUT2D eigenvalue weighted by Gasteiger charge is 2.18. The van der Waals surface area contributed by atoms with Crippen LogP contribution in [-0.4, -0.2) is 21.7 Å². The van der Waals surface area contributed by atoms with Crippen LogP contribution in [0.3, 0.4) is 0 Å². The first kappa shape index (κ1) is 14.6. The zero-order valence-electron chi connectivity index (χ0n) is 13.6. The molecule has 0 unspecified atom stereocenters. The topological polar surface area (TPSA) is 53.9 Å². The lowest BCUT2D eigenvalue weighted by atomic mass is 10.0. The molecule has 1 N–H and O–H groups in total. The molecule has 24 heavy (non-hydrogen) atoms. The highest BCUT2D eigenvalue weighted by molar-refractivity contribution is 5.57. The van der Waals surface area contributed by atoms with Crippen LogP contribution in [0.25, 0.3) is 0 Å². The second kappa shape index (κ2) is 6.28. The maximum absolute atomic E-state index is 4.64. The van der Waals surface area contributed by atoms with Crippen molar-refractivity contribution in [1.29, 1.82) is 0 Å². The Morgan fingerprint density at radius 1 is 1.04 bits per heavy atom. The molecule has 5 heteroatoms. The molecule has 0 bridgehead atoms. The maximum atomic E-state index is 4.64. The number of fused-ring (bicyclic) bond motifs is 1. The fourth-order valence-electron chi connectivity index (χ4n) is 3.03. The molecule has 0 radical (unpaired) electrons. The van der Waals surface area contributed by atoms with Gasteiger partial charge >= 0.3 is 0 Å². The van der Waals surface area contributed by atoms with Gasteiger partial charge in [0.05, 0.1) is 6.20 Å². The first-order valence-electron chi connectivity index (χ1n) is 8.13. The van der Waals surface area contributed by atoms with E-state index >= 15 is 0 Å². The van der Waals surface area contributed by atoms with E-state index in [0.29, 0.717) is 11.8 Å². The Labute approximate surface area is 141 Å². The van der Waals surface area contributed by atoms with Crippen molar-refractivity contribution in [3.05, 3.63) is 71.4 Å². The molecular weight excluding hydrogens is 298 g/mol. The first-order chi connectivity index (χ1) is 11.8. The van der Waals surface area contributed by atoms with Gasteiger partial charge in [-0.15, -0.1) is 5.10 Å². The smallest absolute Gasteiger partial charge is 0.247 e. The number of hydrogen-bond donors (Lipinski definition) is 1. The first-order valence-corrected chi connectivity index (χ1v) is 8.13.